The second kappa shape index (κ2) is 7.72. The van der Waals surface area contributed by atoms with Gasteiger partial charge in [-0.25, -0.2) is 4.39 Å². The van der Waals surface area contributed by atoms with Crippen LogP contribution in [-0.4, -0.2) is 18.4 Å². The van der Waals surface area contributed by atoms with Crippen molar-refractivity contribution < 1.29 is 9.13 Å². The molecule has 0 fully saturated rings. The molecule has 0 saturated carbocycles. The lowest BCUT2D eigenvalue weighted by molar-refractivity contribution is 0.417. The van der Waals surface area contributed by atoms with Crippen LogP contribution in [0.5, 0.6) is 5.75 Å². The molecule has 4 nitrogen and oxygen atoms in total. The third-order valence-electron chi connectivity index (χ3n) is 2.71. The zero-order valence-corrected chi connectivity index (χ0v) is 13.2. The minimum atomic E-state index is -0.457. The fourth-order valence-electron chi connectivity index (χ4n) is 1.69. The summed E-state index contributed by atoms with van der Waals surface area (Å²) in [6.07, 6.45) is 1.27. The van der Waals surface area contributed by atoms with Crippen LogP contribution < -0.4 is 15.5 Å². The van der Waals surface area contributed by atoms with Crippen molar-refractivity contribution in [3.05, 3.63) is 58.9 Å². The molecule has 0 unspecified atom stereocenters. The lowest BCUT2D eigenvalue weighted by Crippen LogP contribution is -2.24. The summed E-state index contributed by atoms with van der Waals surface area (Å²) < 4.78 is 18.7. The minimum absolute atomic E-state index is 0.191. The number of halogens is 2. The van der Waals surface area contributed by atoms with E-state index in [1.165, 1.54) is 18.3 Å². The van der Waals surface area contributed by atoms with Gasteiger partial charge in [0.25, 0.3) is 0 Å². The van der Waals surface area contributed by atoms with Gasteiger partial charge in [0.1, 0.15) is 11.6 Å². The van der Waals surface area contributed by atoms with Crippen LogP contribution in [0.25, 0.3) is 0 Å². The molecular weight excluding hydrogens is 325 g/mol. The Morgan fingerprint density at radius 3 is 2.77 bits per heavy atom. The molecule has 0 bridgehead atoms. The van der Waals surface area contributed by atoms with Gasteiger partial charge < -0.3 is 10.1 Å². The maximum atomic E-state index is 13.6. The van der Waals surface area contributed by atoms with Gasteiger partial charge >= 0.3 is 0 Å². The highest BCUT2D eigenvalue weighted by molar-refractivity contribution is 7.80. The number of rotatable bonds is 4. The highest BCUT2D eigenvalue weighted by Gasteiger charge is 2.05. The fourth-order valence-corrected chi connectivity index (χ4v) is 2.06. The predicted molar refractivity (Wildman–Crippen MR) is 91.4 cm³/mol. The summed E-state index contributed by atoms with van der Waals surface area (Å²) in [7, 11) is 1.56. The van der Waals surface area contributed by atoms with Crippen molar-refractivity contribution in [1.82, 2.24) is 5.43 Å². The first kappa shape index (κ1) is 16.2. The van der Waals surface area contributed by atoms with Gasteiger partial charge in [0.05, 0.1) is 24.0 Å². The number of para-hydroxylation sites is 2. The van der Waals surface area contributed by atoms with Gasteiger partial charge in [0.2, 0.25) is 0 Å². The number of anilines is 1. The molecule has 0 aromatic heterocycles. The second-order valence-electron chi connectivity index (χ2n) is 4.16. The van der Waals surface area contributed by atoms with Crippen LogP contribution in [0.2, 0.25) is 5.02 Å². The molecule has 0 saturated heterocycles. The van der Waals surface area contributed by atoms with Gasteiger partial charge in [0.15, 0.2) is 5.11 Å². The molecule has 2 rings (SSSR count). The third-order valence-corrected chi connectivity index (χ3v) is 3.24. The lowest BCUT2D eigenvalue weighted by Gasteiger charge is -2.10. The first-order valence-electron chi connectivity index (χ1n) is 6.29. The normalized spacial score (nSPS) is 10.5. The number of thiocarbonyl (C=S) groups is 1. The highest BCUT2D eigenvalue weighted by Crippen LogP contribution is 2.22. The Labute approximate surface area is 137 Å². The number of hydrogen-bond acceptors (Lipinski definition) is 3. The Balaban J connectivity index is 2.00. The van der Waals surface area contributed by atoms with Crippen molar-refractivity contribution >= 4 is 40.8 Å². The Hall–Kier alpha value is -2.18. The zero-order chi connectivity index (χ0) is 15.9. The first-order chi connectivity index (χ1) is 10.6. The molecule has 0 aliphatic carbocycles. The molecule has 7 heteroatoms. The standard InChI is InChI=1S/C15H13ClFN3OS/c1-21-14-8-3-2-7-13(14)19-15(22)20-18-9-10-11(16)5-4-6-12(10)17/h2-9H,1H3,(H2,19,20,22)/b18-9-. The van der Waals surface area contributed by atoms with E-state index >= 15 is 0 Å². The summed E-state index contributed by atoms with van der Waals surface area (Å²) in [6, 6.07) is 11.7. The van der Waals surface area contributed by atoms with Gasteiger partial charge in [-0.1, -0.05) is 29.8 Å². The Bertz CT molecular complexity index is 689. The summed E-state index contributed by atoms with van der Waals surface area (Å²) in [4.78, 5) is 0. The van der Waals surface area contributed by atoms with Gasteiger partial charge in [-0.3, -0.25) is 5.43 Å². The quantitative estimate of drug-likeness (QED) is 0.506. The number of nitrogens with one attached hydrogen (secondary N) is 2. The Kier molecular flexibility index (Phi) is 5.68. The molecule has 114 valence electrons. The molecular formula is C15H13ClFN3OS. The van der Waals surface area contributed by atoms with Crippen LogP contribution in [-0.2, 0) is 0 Å². The van der Waals surface area contributed by atoms with Crippen LogP contribution in [0.4, 0.5) is 10.1 Å². The van der Waals surface area contributed by atoms with Crippen molar-refractivity contribution in [2.45, 2.75) is 0 Å². The molecule has 0 aliphatic heterocycles. The average molecular weight is 338 g/mol. The molecule has 0 radical (unpaired) electrons. The largest absolute Gasteiger partial charge is 0.495 e. The number of ether oxygens (including phenoxy) is 1. The lowest BCUT2D eigenvalue weighted by atomic mass is 10.2. The van der Waals surface area contributed by atoms with Crippen molar-refractivity contribution in [2.75, 3.05) is 12.4 Å². The van der Waals surface area contributed by atoms with E-state index in [2.05, 4.69) is 15.8 Å². The van der Waals surface area contributed by atoms with Crippen LogP contribution in [0.3, 0.4) is 0 Å². The predicted octanol–water partition coefficient (Wildman–Crippen LogP) is 3.81. The average Bonchev–Trinajstić information content (AvgIpc) is 2.51. The SMILES string of the molecule is COc1ccccc1NC(=S)N/N=C\c1c(F)cccc1Cl. The second-order valence-corrected chi connectivity index (χ2v) is 4.98. The number of benzene rings is 2. The van der Waals surface area contributed by atoms with E-state index in [1.807, 2.05) is 18.2 Å². The van der Waals surface area contributed by atoms with Crippen molar-refractivity contribution in [2.24, 2.45) is 5.10 Å². The van der Waals surface area contributed by atoms with E-state index in [-0.39, 0.29) is 15.7 Å². The summed E-state index contributed by atoms with van der Waals surface area (Å²) in [5.74, 6) is 0.189. The van der Waals surface area contributed by atoms with E-state index in [0.717, 1.165) is 0 Å². The maximum Gasteiger partial charge on any atom is 0.191 e. The van der Waals surface area contributed by atoms with E-state index in [4.69, 9.17) is 28.6 Å². The van der Waals surface area contributed by atoms with Gasteiger partial charge in [-0.15, -0.1) is 0 Å². The van der Waals surface area contributed by atoms with E-state index in [1.54, 1.807) is 19.2 Å². The molecule has 2 N–H and O–H groups in total. The van der Waals surface area contributed by atoms with E-state index < -0.39 is 5.82 Å². The van der Waals surface area contributed by atoms with Crippen molar-refractivity contribution in [3.63, 3.8) is 0 Å². The topological polar surface area (TPSA) is 45.6 Å². The highest BCUT2D eigenvalue weighted by atomic mass is 35.5. The smallest absolute Gasteiger partial charge is 0.191 e. The minimum Gasteiger partial charge on any atom is -0.495 e. The molecule has 2 aromatic carbocycles. The van der Waals surface area contributed by atoms with Crippen molar-refractivity contribution in [1.29, 1.82) is 0 Å². The molecule has 2 aromatic rings. The number of methoxy groups -OCH3 is 1. The summed E-state index contributed by atoms with van der Waals surface area (Å²) in [6.45, 7) is 0. The van der Waals surface area contributed by atoms with E-state index in [0.29, 0.717) is 11.4 Å². The molecule has 0 atom stereocenters. The van der Waals surface area contributed by atoms with Crippen LogP contribution in [0, 0.1) is 5.82 Å². The zero-order valence-electron chi connectivity index (χ0n) is 11.6. The van der Waals surface area contributed by atoms with Gasteiger partial charge in [0, 0.05) is 5.56 Å². The molecule has 0 spiro atoms. The summed E-state index contributed by atoms with van der Waals surface area (Å²) >= 11 is 11.0. The van der Waals surface area contributed by atoms with Crippen LogP contribution in [0.15, 0.2) is 47.6 Å². The number of nitrogens with zero attached hydrogens (tertiary/aromatic N) is 1. The number of hydrazone groups is 1. The number of hydrogen-bond donors (Lipinski definition) is 2. The van der Waals surface area contributed by atoms with E-state index in [9.17, 15) is 4.39 Å². The molecule has 0 heterocycles. The van der Waals surface area contributed by atoms with Gasteiger partial charge in [-0.2, -0.15) is 5.10 Å². The Morgan fingerprint density at radius 2 is 2.05 bits per heavy atom. The molecule has 22 heavy (non-hydrogen) atoms. The molecule has 0 aliphatic rings. The summed E-state index contributed by atoms with van der Waals surface area (Å²) in [5, 5.41) is 7.32. The van der Waals surface area contributed by atoms with Crippen LogP contribution >= 0.6 is 23.8 Å². The molecule has 0 amide bonds. The first-order valence-corrected chi connectivity index (χ1v) is 7.07. The summed E-state index contributed by atoms with van der Waals surface area (Å²) in [5.41, 5.74) is 3.48. The monoisotopic (exact) mass is 337 g/mol. The third kappa shape index (κ3) is 4.16. The maximum absolute atomic E-state index is 13.6. The van der Waals surface area contributed by atoms with Crippen LogP contribution in [0.1, 0.15) is 5.56 Å². The van der Waals surface area contributed by atoms with Gasteiger partial charge in [-0.05, 0) is 36.5 Å². The van der Waals surface area contributed by atoms with Crippen molar-refractivity contribution in [3.8, 4) is 5.75 Å². The Morgan fingerprint density at radius 1 is 1.27 bits per heavy atom. The fraction of sp³-hybridized carbons (Fsp3) is 0.0667.